The lowest BCUT2D eigenvalue weighted by atomic mass is 9.96. The Morgan fingerprint density at radius 2 is 2.05 bits per heavy atom. The first kappa shape index (κ1) is 27.3. The van der Waals surface area contributed by atoms with E-state index in [0.717, 1.165) is 31.2 Å². The highest BCUT2D eigenvalue weighted by Gasteiger charge is 2.26. The maximum atomic E-state index is 12.9. The molecule has 3 aromatic rings. The number of hydrogen-bond donors (Lipinski definition) is 2. The molecule has 4 rings (SSSR count). The first-order valence-electron chi connectivity index (χ1n) is 12.1. The summed E-state index contributed by atoms with van der Waals surface area (Å²) in [4.78, 5) is 37.3. The maximum absolute atomic E-state index is 12.9. The molecule has 13 heteroatoms. The Hall–Kier alpha value is -3.76. The molecule has 2 aromatic heterocycles. The molecule has 1 atom stereocenters. The van der Waals surface area contributed by atoms with Gasteiger partial charge in [0, 0.05) is 29.6 Å². The minimum atomic E-state index is -0.549. The van der Waals surface area contributed by atoms with Crippen molar-refractivity contribution in [3.05, 3.63) is 61.8 Å². The van der Waals surface area contributed by atoms with E-state index in [4.69, 9.17) is 0 Å². The number of aromatic nitrogens is 3. The third-order valence-corrected chi connectivity index (χ3v) is 8.52. The average molecular weight is 554 g/mol. The van der Waals surface area contributed by atoms with Crippen molar-refractivity contribution < 1.29 is 14.5 Å². The SMILES string of the molecule is CC(C)[C@@H](NC(=O)c1cccc([N+](=O)[O-])c1)c1nnc(SCC(=O)Nc2sc3c(c2C#N)CCCC3)n1C. The fraction of sp³-hybridized carbons (Fsp3) is 0.400. The van der Waals surface area contributed by atoms with Gasteiger partial charge in [0.2, 0.25) is 5.91 Å². The lowest BCUT2D eigenvalue weighted by molar-refractivity contribution is -0.384. The Kier molecular flexibility index (Phi) is 8.43. The van der Waals surface area contributed by atoms with Crippen LogP contribution in [0.5, 0.6) is 0 Å². The Labute approximate surface area is 227 Å². The largest absolute Gasteiger partial charge is 0.342 e. The van der Waals surface area contributed by atoms with Crippen LogP contribution in [0, 0.1) is 27.4 Å². The molecule has 2 N–H and O–H groups in total. The summed E-state index contributed by atoms with van der Waals surface area (Å²) in [6.45, 7) is 3.83. The van der Waals surface area contributed by atoms with Gasteiger partial charge in [-0.3, -0.25) is 19.7 Å². The van der Waals surface area contributed by atoms with E-state index in [9.17, 15) is 25.0 Å². The van der Waals surface area contributed by atoms with Crippen LogP contribution in [-0.2, 0) is 24.7 Å². The maximum Gasteiger partial charge on any atom is 0.270 e. The first-order valence-corrected chi connectivity index (χ1v) is 13.9. The number of benzene rings is 1. The summed E-state index contributed by atoms with van der Waals surface area (Å²) in [6.07, 6.45) is 3.96. The summed E-state index contributed by atoms with van der Waals surface area (Å²) < 4.78 is 1.72. The smallest absolute Gasteiger partial charge is 0.270 e. The molecule has 0 fully saturated rings. The van der Waals surface area contributed by atoms with Crippen molar-refractivity contribution in [2.45, 2.75) is 50.7 Å². The number of nitrogens with one attached hydrogen (secondary N) is 2. The van der Waals surface area contributed by atoms with Crippen molar-refractivity contribution in [1.29, 1.82) is 5.26 Å². The summed E-state index contributed by atoms with van der Waals surface area (Å²) in [7, 11) is 1.76. The minimum Gasteiger partial charge on any atom is -0.342 e. The lowest BCUT2D eigenvalue weighted by Gasteiger charge is -2.21. The van der Waals surface area contributed by atoms with Crippen LogP contribution in [0.2, 0.25) is 0 Å². The van der Waals surface area contributed by atoms with Gasteiger partial charge in [0.25, 0.3) is 11.6 Å². The number of amides is 2. The summed E-state index contributed by atoms with van der Waals surface area (Å²) in [5, 5.41) is 36.0. The van der Waals surface area contributed by atoms with Crippen molar-refractivity contribution >= 4 is 45.6 Å². The van der Waals surface area contributed by atoms with Crippen LogP contribution in [0.15, 0.2) is 29.4 Å². The fourth-order valence-electron chi connectivity index (χ4n) is 4.30. The lowest BCUT2D eigenvalue weighted by Crippen LogP contribution is -2.33. The summed E-state index contributed by atoms with van der Waals surface area (Å²) >= 11 is 2.69. The predicted molar refractivity (Wildman–Crippen MR) is 144 cm³/mol. The summed E-state index contributed by atoms with van der Waals surface area (Å²) in [5.41, 5.74) is 1.64. The van der Waals surface area contributed by atoms with Crippen LogP contribution < -0.4 is 10.6 Å². The Bertz CT molecular complexity index is 1420. The summed E-state index contributed by atoms with van der Waals surface area (Å²) in [5.74, 6) is -0.188. The third-order valence-electron chi connectivity index (χ3n) is 6.29. The van der Waals surface area contributed by atoms with Crippen molar-refractivity contribution in [3.8, 4) is 6.07 Å². The molecule has 0 unspecified atom stereocenters. The van der Waals surface area contributed by atoms with E-state index in [1.165, 1.54) is 52.2 Å². The minimum absolute atomic E-state index is 0.0593. The van der Waals surface area contributed by atoms with Crippen LogP contribution in [0.3, 0.4) is 0 Å². The number of carbonyl (C=O) groups is 2. The second-order valence-corrected chi connectivity index (χ2v) is 11.3. The molecule has 38 heavy (non-hydrogen) atoms. The zero-order chi connectivity index (χ0) is 27.4. The number of non-ortho nitro benzene ring substituents is 1. The molecule has 0 radical (unpaired) electrons. The standard InChI is InChI=1S/C25H27N7O4S2/c1-14(2)21(28-23(34)15-7-6-8-16(11-15)32(35)36)22-29-30-25(31(22)3)37-13-20(33)27-24-18(12-26)17-9-4-5-10-19(17)38-24/h6-8,11,14,21H,4-5,9-10,13H2,1-3H3,(H,27,33)(H,28,34)/t21-/m1/s1. The van der Waals surface area contributed by atoms with Gasteiger partial charge >= 0.3 is 0 Å². The van der Waals surface area contributed by atoms with Gasteiger partial charge < -0.3 is 15.2 Å². The van der Waals surface area contributed by atoms with Gasteiger partial charge in [0.1, 0.15) is 11.1 Å². The van der Waals surface area contributed by atoms with E-state index in [1.54, 1.807) is 11.6 Å². The van der Waals surface area contributed by atoms with E-state index in [2.05, 4.69) is 26.9 Å². The second kappa shape index (κ2) is 11.7. The highest BCUT2D eigenvalue weighted by atomic mass is 32.2. The van der Waals surface area contributed by atoms with Gasteiger partial charge in [-0.1, -0.05) is 31.7 Å². The number of carbonyl (C=O) groups excluding carboxylic acids is 2. The van der Waals surface area contributed by atoms with Crippen LogP contribution >= 0.6 is 23.1 Å². The molecule has 198 valence electrons. The van der Waals surface area contributed by atoms with Gasteiger partial charge in [-0.25, -0.2) is 0 Å². The highest BCUT2D eigenvalue weighted by Crippen LogP contribution is 2.37. The van der Waals surface area contributed by atoms with Gasteiger partial charge in [-0.2, -0.15) is 5.26 Å². The molecular weight excluding hydrogens is 526 g/mol. The number of nitro groups is 1. The van der Waals surface area contributed by atoms with Crippen molar-refractivity contribution in [2.24, 2.45) is 13.0 Å². The molecule has 1 aliphatic carbocycles. The zero-order valence-electron chi connectivity index (χ0n) is 21.2. The monoisotopic (exact) mass is 553 g/mol. The molecule has 0 spiro atoms. The molecule has 0 saturated carbocycles. The first-order chi connectivity index (χ1) is 18.2. The van der Waals surface area contributed by atoms with Crippen LogP contribution in [0.4, 0.5) is 10.7 Å². The molecule has 2 amide bonds. The van der Waals surface area contributed by atoms with Gasteiger partial charge in [0.05, 0.1) is 22.3 Å². The topological polar surface area (TPSA) is 156 Å². The molecule has 11 nitrogen and oxygen atoms in total. The number of nitriles is 1. The number of nitro benzene ring substituents is 1. The number of nitrogens with zero attached hydrogens (tertiary/aromatic N) is 5. The number of rotatable bonds is 9. The number of aryl methyl sites for hydroxylation is 1. The summed E-state index contributed by atoms with van der Waals surface area (Å²) in [6, 6.07) is 7.26. The number of fused-ring (bicyclic) bond motifs is 1. The van der Waals surface area contributed by atoms with Crippen molar-refractivity contribution in [1.82, 2.24) is 20.1 Å². The highest BCUT2D eigenvalue weighted by molar-refractivity contribution is 7.99. The number of hydrogen-bond acceptors (Lipinski definition) is 9. The van der Waals surface area contributed by atoms with E-state index < -0.39 is 16.9 Å². The predicted octanol–water partition coefficient (Wildman–Crippen LogP) is 4.39. The van der Waals surface area contributed by atoms with E-state index in [0.29, 0.717) is 21.5 Å². The molecule has 1 aromatic carbocycles. The van der Waals surface area contributed by atoms with Crippen LogP contribution in [0.25, 0.3) is 0 Å². The van der Waals surface area contributed by atoms with E-state index in [1.807, 2.05) is 13.8 Å². The van der Waals surface area contributed by atoms with E-state index in [-0.39, 0.29) is 28.8 Å². The van der Waals surface area contributed by atoms with Crippen LogP contribution in [-0.4, -0.2) is 37.3 Å². The molecule has 2 heterocycles. The molecule has 1 aliphatic rings. The van der Waals surface area contributed by atoms with Gasteiger partial charge in [-0.05, 0) is 43.2 Å². The molecule has 0 saturated heterocycles. The average Bonchev–Trinajstić information content (AvgIpc) is 3.44. The molecule has 0 aliphatic heterocycles. The molecule has 0 bridgehead atoms. The second-order valence-electron chi connectivity index (χ2n) is 9.27. The van der Waals surface area contributed by atoms with Gasteiger partial charge in [0.15, 0.2) is 11.0 Å². The fourth-order valence-corrected chi connectivity index (χ4v) is 6.28. The Balaban J connectivity index is 1.43. The number of anilines is 1. The molecular formula is C25H27N7O4S2. The van der Waals surface area contributed by atoms with Crippen LogP contribution in [0.1, 0.15) is 64.9 Å². The van der Waals surface area contributed by atoms with Crippen molar-refractivity contribution in [3.63, 3.8) is 0 Å². The third kappa shape index (κ3) is 5.87. The number of thiophene rings is 1. The Morgan fingerprint density at radius 3 is 2.76 bits per heavy atom. The Morgan fingerprint density at radius 1 is 1.29 bits per heavy atom. The number of thioether (sulfide) groups is 1. The zero-order valence-corrected chi connectivity index (χ0v) is 22.8. The van der Waals surface area contributed by atoms with Crippen molar-refractivity contribution in [2.75, 3.05) is 11.1 Å². The van der Waals surface area contributed by atoms with Gasteiger partial charge in [-0.15, -0.1) is 21.5 Å². The normalized spacial score (nSPS) is 13.4. The van der Waals surface area contributed by atoms with E-state index >= 15 is 0 Å². The quantitative estimate of drug-likeness (QED) is 0.224.